The average molecular weight is 362 g/mol. The third-order valence-electron chi connectivity index (χ3n) is 4.70. The number of oxime groups is 1. The summed E-state index contributed by atoms with van der Waals surface area (Å²) in [6.45, 7) is 10.1. The van der Waals surface area contributed by atoms with Gasteiger partial charge in [0.05, 0.1) is 0 Å². The van der Waals surface area contributed by atoms with Crippen LogP contribution in [0.5, 0.6) is 0 Å². The molecule has 25 heavy (non-hydrogen) atoms. The van der Waals surface area contributed by atoms with E-state index >= 15 is 0 Å². The summed E-state index contributed by atoms with van der Waals surface area (Å²) in [5, 5.41) is 8.66. The molecule has 1 aliphatic rings. The summed E-state index contributed by atoms with van der Waals surface area (Å²) in [6, 6.07) is 7.61. The number of aromatic nitrogens is 1. The predicted molar refractivity (Wildman–Crippen MR) is 101 cm³/mol. The van der Waals surface area contributed by atoms with Crippen molar-refractivity contribution in [1.29, 1.82) is 0 Å². The predicted octanol–water partition coefficient (Wildman–Crippen LogP) is 4.29. The molecule has 0 fully saturated rings. The zero-order valence-corrected chi connectivity index (χ0v) is 16.0. The van der Waals surface area contributed by atoms with Crippen molar-refractivity contribution in [1.82, 2.24) is 9.88 Å². The van der Waals surface area contributed by atoms with Crippen LogP contribution in [0.3, 0.4) is 0 Å². The minimum Gasteiger partial charge on any atom is -0.390 e. The van der Waals surface area contributed by atoms with E-state index in [9.17, 15) is 4.79 Å². The fourth-order valence-corrected chi connectivity index (χ4v) is 3.09. The number of carbonyl (C=O) groups excluding carboxylic acids is 1. The maximum Gasteiger partial charge on any atom is 0.251 e. The van der Waals surface area contributed by atoms with E-state index < -0.39 is 5.54 Å². The lowest BCUT2D eigenvalue weighted by Crippen LogP contribution is -2.46. The fraction of sp³-hybridized carbons (Fsp3) is 0.474. The molecule has 0 saturated carbocycles. The van der Waals surface area contributed by atoms with Crippen molar-refractivity contribution < 1.29 is 9.63 Å². The molecule has 1 aromatic heterocycles. The number of nitrogens with zero attached hydrogens (tertiary/aromatic N) is 2. The number of benzene rings is 1. The molecule has 134 valence electrons. The Morgan fingerprint density at radius 1 is 1.28 bits per heavy atom. The molecule has 1 aliphatic heterocycles. The smallest absolute Gasteiger partial charge is 0.251 e. The molecule has 0 saturated heterocycles. The quantitative estimate of drug-likeness (QED) is 0.867. The van der Waals surface area contributed by atoms with Gasteiger partial charge < -0.3 is 14.7 Å². The Bertz CT molecular complexity index is 846. The molecule has 0 aliphatic carbocycles. The number of rotatable bonds is 2. The molecule has 1 aromatic carbocycles. The van der Waals surface area contributed by atoms with E-state index in [0.717, 1.165) is 10.9 Å². The third kappa shape index (κ3) is 3.38. The number of amidine groups is 1. The van der Waals surface area contributed by atoms with Crippen molar-refractivity contribution in [3.05, 3.63) is 35.5 Å². The summed E-state index contributed by atoms with van der Waals surface area (Å²) in [5.41, 5.74) is 0.154. The summed E-state index contributed by atoms with van der Waals surface area (Å²) in [7, 11) is 0. The Morgan fingerprint density at radius 3 is 2.64 bits per heavy atom. The highest BCUT2D eigenvalue weighted by Gasteiger charge is 2.36. The average Bonchev–Trinajstić information content (AvgIpc) is 3.12. The van der Waals surface area contributed by atoms with Crippen LogP contribution in [0.4, 0.5) is 0 Å². The first kappa shape index (κ1) is 17.8. The van der Waals surface area contributed by atoms with Crippen LogP contribution in [0.15, 0.2) is 35.6 Å². The van der Waals surface area contributed by atoms with E-state index in [1.165, 1.54) is 0 Å². The molecule has 5 nitrogen and oxygen atoms in total. The Hall–Kier alpha value is -2.01. The Labute approximate surface area is 153 Å². The Balaban J connectivity index is 1.79. The topological polar surface area (TPSA) is 55.6 Å². The summed E-state index contributed by atoms with van der Waals surface area (Å²) in [4.78, 5) is 18.4. The lowest BCUT2D eigenvalue weighted by atomic mass is 9.87. The molecule has 3 rings (SSSR count). The first-order chi connectivity index (χ1) is 11.6. The monoisotopic (exact) mass is 361 g/mol. The van der Waals surface area contributed by atoms with Gasteiger partial charge in [-0.1, -0.05) is 37.5 Å². The van der Waals surface area contributed by atoms with Gasteiger partial charge in [0.1, 0.15) is 11.6 Å². The maximum absolute atomic E-state index is 12.9. The van der Waals surface area contributed by atoms with Gasteiger partial charge in [-0.15, -0.1) is 0 Å². The van der Waals surface area contributed by atoms with Crippen LogP contribution in [-0.4, -0.2) is 22.4 Å². The van der Waals surface area contributed by atoms with Gasteiger partial charge in [0, 0.05) is 34.0 Å². The van der Waals surface area contributed by atoms with Crippen LogP contribution >= 0.6 is 11.6 Å². The molecule has 1 unspecified atom stereocenters. The van der Waals surface area contributed by atoms with Gasteiger partial charge in [0.2, 0.25) is 0 Å². The van der Waals surface area contributed by atoms with Gasteiger partial charge in [0.25, 0.3) is 5.91 Å². The summed E-state index contributed by atoms with van der Waals surface area (Å²) < 4.78 is 1.95. The van der Waals surface area contributed by atoms with Crippen molar-refractivity contribution in [3.8, 4) is 0 Å². The maximum atomic E-state index is 12.9. The zero-order valence-electron chi connectivity index (χ0n) is 15.3. The van der Waals surface area contributed by atoms with Crippen LogP contribution in [0.25, 0.3) is 10.9 Å². The molecule has 0 radical (unpaired) electrons. The second kappa shape index (κ2) is 6.06. The molecule has 1 N–H and O–H groups in total. The number of carbonyl (C=O) groups is 1. The number of halogens is 1. The van der Waals surface area contributed by atoms with Gasteiger partial charge in [-0.2, -0.15) is 0 Å². The van der Waals surface area contributed by atoms with Crippen LogP contribution in [0.1, 0.15) is 41.0 Å². The van der Waals surface area contributed by atoms with E-state index in [1.54, 1.807) is 0 Å². The Morgan fingerprint density at radius 2 is 2.00 bits per heavy atom. The van der Waals surface area contributed by atoms with E-state index in [0.29, 0.717) is 17.3 Å². The van der Waals surface area contributed by atoms with Crippen LogP contribution in [-0.2, 0) is 15.2 Å². The van der Waals surface area contributed by atoms with Crippen molar-refractivity contribution in [2.24, 2.45) is 10.6 Å². The fourth-order valence-electron chi connectivity index (χ4n) is 2.91. The molecule has 1 atom stereocenters. The molecule has 1 amide bonds. The van der Waals surface area contributed by atoms with E-state index in [2.05, 4.69) is 31.2 Å². The molecule has 2 aromatic rings. The van der Waals surface area contributed by atoms with Gasteiger partial charge in [0.15, 0.2) is 5.84 Å². The SMILES string of the molecule is CC(C)(C)C1CC(NC(=O)C(C)(C)n2ccc3cc(Cl)ccc32)=NO1. The number of amides is 1. The van der Waals surface area contributed by atoms with E-state index in [1.807, 2.05) is 48.9 Å². The molecule has 0 spiro atoms. The number of fused-ring (bicyclic) bond motifs is 1. The molecular formula is C19H24ClN3O2. The minimum atomic E-state index is -0.780. The first-order valence-corrected chi connectivity index (χ1v) is 8.78. The summed E-state index contributed by atoms with van der Waals surface area (Å²) >= 11 is 6.05. The molecular weight excluding hydrogens is 338 g/mol. The van der Waals surface area contributed by atoms with Crippen molar-refractivity contribution in [2.45, 2.75) is 52.7 Å². The van der Waals surface area contributed by atoms with E-state index in [-0.39, 0.29) is 17.4 Å². The van der Waals surface area contributed by atoms with Gasteiger partial charge in [-0.05, 0) is 38.1 Å². The van der Waals surface area contributed by atoms with Gasteiger partial charge in [-0.3, -0.25) is 4.79 Å². The van der Waals surface area contributed by atoms with Crippen molar-refractivity contribution in [2.75, 3.05) is 0 Å². The third-order valence-corrected chi connectivity index (χ3v) is 4.94. The zero-order chi connectivity index (χ0) is 18.4. The summed E-state index contributed by atoms with van der Waals surface area (Å²) in [5.74, 6) is 0.453. The second-order valence-corrected chi connectivity index (χ2v) is 8.54. The lowest BCUT2D eigenvalue weighted by Gasteiger charge is -2.27. The number of hydrogen-bond donors (Lipinski definition) is 1. The van der Waals surface area contributed by atoms with Crippen LogP contribution in [0.2, 0.25) is 5.02 Å². The molecule has 0 bridgehead atoms. The highest BCUT2D eigenvalue weighted by Crippen LogP contribution is 2.30. The minimum absolute atomic E-state index is 0.0264. The van der Waals surface area contributed by atoms with Crippen molar-refractivity contribution >= 4 is 34.2 Å². The number of nitrogens with one attached hydrogen (secondary N) is 1. The van der Waals surface area contributed by atoms with Crippen LogP contribution < -0.4 is 5.32 Å². The largest absolute Gasteiger partial charge is 0.390 e. The highest BCUT2D eigenvalue weighted by molar-refractivity contribution is 6.31. The standard InChI is InChI=1S/C19H24ClN3O2/c1-18(2,3)15-11-16(22-25-15)21-17(24)19(4,5)23-9-8-12-10-13(20)6-7-14(12)23/h6-10,15H,11H2,1-5H3,(H,21,22,24). The Kier molecular flexibility index (Phi) is 4.31. The molecule has 2 heterocycles. The molecule has 6 heteroatoms. The van der Waals surface area contributed by atoms with Crippen LogP contribution in [0, 0.1) is 5.41 Å². The van der Waals surface area contributed by atoms with E-state index in [4.69, 9.17) is 16.4 Å². The number of hydrogen-bond acceptors (Lipinski definition) is 3. The van der Waals surface area contributed by atoms with Gasteiger partial charge >= 0.3 is 0 Å². The van der Waals surface area contributed by atoms with Crippen molar-refractivity contribution in [3.63, 3.8) is 0 Å². The lowest BCUT2D eigenvalue weighted by molar-refractivity contribution is -0.126. The second-order valence-electron chi connectivity index (χ2n) is 8.10. The van der Waals surface area contributed by atoms with Gasteiger partial charge in [-0.25, -0.2) is 0 Å². The summed E-state index contributed by atoms with van der Waals surface area (Å²) in [6.07, 6.45) is 2.49. The highest BCUT2D eigenvalue weighted by atomic mass is 35.5. The normalized spacial score (nSPS) is 18.2. The first-order valence-electron chi connectivity index (χ1n) is 8.40.